The average molecular weight is 247 g/mol. The summed E-state index contributed by atoms with van der Waals surface area (Å²) in [5.41, 5.74) is 0.606. The Bertz CT molecular complexity index is 459. The largest absolute Gasteiger partial charge is 0.381 e. The van der Waals surface area contributed by atoms with E-state index in [1.165, 1.54) is 6.42 Å². The van der Waals surface area contributed by atoms with Gasteiger partial charge < -0.3 is 14.6 Å². The third-order valence-electron chi connectivity index (χ3n) is 4.91. The molecule has 96 valence electrons. The van der Waals surface area contributed by atoms with Crippen molar-refractivity contribution in [1.29, 1.82) is 0 Å². The minimum absolute atomic E-state index is 0.0948. The van der Waals surface area contributed by atoms with Crippen molar-refractivity contribution >= 4 is 5.91 Å². The van der Waals surface area contributed by atoms with Gasteiger partial charge in [-0.1, -0.05) is 0 Å². The van der Waals surface area contributed by atoms with E-state index in [4.69, 9.17) is 4.74 Å². The van der Waals surface area contributed by atoms with Crippen LogP contribution in [0, 0.1) is 23.7 Å². The van der Waals surface area contributed by atoms with Gasteiger partial charge in [0.15, 0.2) is 0 Å². The number of imidazole rings is 1. The SMILES string of the molecule is O=C(c1cnc[nH]1)N1C[C@@H]2C[C@@H]3COC[C@@H]3[C@@H]2C1. The number of likely N-dealkylation sites (tertiary alicyclic amines) is 1. The molecular formula is C13H17N3O2. The number of carbonyl (C=O) groups is 1. The number of rotatable bonds is 1. The van der Waals surface area contributed by atoms with Crippen LogP contribution in [0.2, 0.25) is 0 Å². The number of amides is 1. The highest BCUT2D eigenvalue weighted by Crippen LogP contribution is 2.48. The van der Waals surface area contributed by atoms with Crippen LogP contribution >= 0.6 is 0 Å². The van der Waals surface area contributed by atoms with Crippen molar-refractivity contribution in [2.75, 3.05) is 26.3 Å². The fraction of sp³-hybridized carbons (Fsp3) is 0.692. The molecule has 0 bridgehead atoms. The Morgan fingerprint density at radius 2 is 2.28 bits per heavy atom. The third kappa shape index (κ3) is 1.43. The number of nitrogens with zero attached hydrogens (tertiary/aromatic N) is 2. The summed E-state index contributed by atoms with van der Waals surface area (Å²) in [7, 11) is 0. The first-order chi connectivity index (χ1) is 8.83. The fourth-order valence-corrected chi connectivity index (χ4v) is 4.06. The highest BCUT2D eigenvalue weighted by Gasteiger charge is 2.51. The van der Waals surface area contributed by atoms with Gasteiger partial charge >= 0.3 is 0 Å². The van der Waals surface area contributed by atoms with Gasteiger partial charge in [-0.05, 0) is 30.1 Å². The predicted molar refractivity (Wildman–Crippen MR) is 63.9 cm³/mol. The molecule has 18 heavy (non-hydrogen) atoms. The molecule has 1 aromatic heterocycles. The lowest BCUT2D eigenvalue weighted by molar-refractivity contribution is 0.0768. The van der Waals surface area contributed by atoms with E-state index >= 15 is 0 Å². The molecule has 1 saturated carbocycles. The fourth-order valence-electron chi connectivity index (χ4n) is 4.06. The average Bonchev–Trinajstić information content (AvgIpc) is 3.09. The van der Waals surface area contributed by atoms with Crippen LogP contribution in [0.1, 0.15) is 16.9 Å². The molecule has 1 amide bonds. The Morgan fingerprint density at radius 3 is 3.11 bits per heavy atom. The Morgan fingerprint density at radius 1 is 1.33 bits per heavy atom. The Labute approximate surface area is 106 Å². The maximum absolute atomic E-state index is 12.3. The van der Waals surface area contributed by atoms with E-state index in [0.29, 0.717) is 23.4 Å². The van der Waals surface area contributed by atoms with E-state index in [-0.39, 0.29) is 5.91 Å². The zero-order valence-electron chi connectivity index (χ0n) is 10.2. The van der Waals surface area contributed by atoms with E-state index in [9.17, 15) is 4.79 Å². The van der Waals surface area contributed by atoms with Crippen LogP contribution < -0.4 is 0 Å². The van der Waals surface area contributed by atoms with Gasteiger partial charge in [0.25, 0.3) is 5.91 Å². The number of fused-ring (bicyclic) bond motifs is 3. The molecule has 2 aliphatic heterocycles. The van der Waals surface area contributed by atoms with Crippen molar-refractivity contribution in [1.82, 2.24) is 14.9 Å². The van der Waals surface area contributed by atoms with Crippen LogP contribution in [-0.2, 0) is 4.74 Å². The van der Waals surface area contributed by atoms with Crippen LogP contribution in [0.25, 0.3) is 0 Å². The van der Waals surface area contributed by atoms with Gasteiger partial charge in [0.1, 0.15) is 5.69 Å². The zero-order valence-corrected chi connectivity index (χ0v) is 10.2. The van der Waals surface area contributed by atoms with Crippen molar-refractivity contribution in [3.8, 4) is 0 Å². The molecule has 0 unspecified atom stereocenters. The van der Waals surface area contributed by atoms with Crippen LogP contribution in [0.15, 0.2) is 12.5 Å². The second kappa shape index (κ2) is 3.82. The van der Waals surface area contributed by atoms with E-state index in [2.05, 4.69) is 9.97 Å². The van der Waals surface area contributed by atoms with Crippen LogP contribution in [-0.4, -0.2) is 47.1 Å². The summed E-state index contributed by atoms with van der Waals surface area (Å²) in [5, 5.41) is 0. The molecule has 3 heterocycles. The first-order valence-corrected chi connectivity index (χ1v) is 6.68. The van der Waals surface area contributed by atoms with Crippen molar-refractivity contribution in [3.63, 3.8) is 0 Å². The summed E-state index contributed by atoms with van der Waals surface area (Å²) >= 11 is 0. The maximum atomic E-state index is 12.3. The molecule has 2 saturated heterocycles. The Balaban J connectivity index is 1.50. The van der Waals surface area contributed by atoms with Crippen molar-refractivity contribution in [3.05, 3.63) is 18.2 Å². The number of aromatic nitrogens is 2. The Kier molecular flexibility index (Phi) is 2.24. The maximum Gasteiger partial charge on any atom is 0.271 e. The molecule has 5 heteroatoms. The highest BCUT2D eigenvalue weighted by molar-refractivity contribution is 5.92. The lowest BCUT2D eigenvalue weighted by atomic mass is 9.91. The summed E-state index contributed by atoms with van der Waals surface area (Å²) in [6.45, 7) is 3.65. The molecule has 3 aliphatic rings. The third-order valence-corrected chi connectivity index (χ3v) is 4.91. The molecule has 1 aromatic rings. The van der Waals surface area contributed by atoms with Crippen molar-refractivity contribution < 1.29 is 9.53 Å². The Hall–Kier alpha value is -1.36. The molecule has 5 nitrogen and oxygen atoms in total. The summed E-state index contributed by atoms with van der Waals surface area (Å²) < 4.78 is 5.57. The first-order valence-electron chi connectivity index (χ1n) is 6.68. The summed E-state index contributed by atoms with van der Waals surface area (Å²) in [6, 6.07) is 0. The van der Waals surface area contributed by atoms with E-state index in [1.807, 2.05) is 4.90 Å². The van der Waals surface area contributed by atoms with Gasteiger partial charge in [-0.3, -0.25) is 4.79 Å². The van der Waals surface area contributed by atoms with Crippen LogP contribution in [0.5, 0.6) is 0 Å². The van der Waals surface area contributed by atoms with Gasteiger partial charge in [0.2, 0.25) is 0 Å². The molecule has 0 aromatic carbocycles. The first kappa shape index (κ1) is 10.6. The quantitative estimate of drug-likeness (QED) is 0.797. The van der Waals surface area contributed by atoms with Crippen molar-refractivity contribution in [2.45, 2.75) is 6.42 Å². The molecule has 0 spiro atoms. The summed E-state index contributed by atoms with van der Waals surface area (Å²) in [6.07, 6.45) is 4.41. The van der Waals surface area contributed by atoms with E-state index in [0.717, 1.165) is 32.2 Å². The molecule has 4 rings (SSSR count). The molecular weight excluding hydrogens is 230 g/mol. The normalized spacial score (nSPS) is 37.9. The lowest BCUT2D eigenvalue weighted by Crippen LogP contribution is -2.31. The molecule has 1 N–H and O–H groups in total. The second-order valence-corrected chi connectivity index (χ2v) is 5.80. The summed E-state index contributed by atoms with van der Waals surface area (Å²) in [4.78, 5) is 21.1. The van der Waals surface area contributed by atoms with E-state index in [1.54, 1.807) is 12.5 Å². The van der Waals surface area contributed by atoms with Crippen molar-refractivity contribution in [2.24, 2.45) is 23.7 Å². The topological polar surface area (TPSA) is 58.2 Å². The molecule has 4 atom stereocenters. The standard InChI is InChI=1S/C13H17N3O2/c17-13(12-2-14-7-15-12)16-3-8-1-9-5-18-6-11(9)10(8)4-16/h2,7-11H,1,3-6H2,(H,14,15)/t8-,9+,10+,11-/m0/s1. The van der Waals surface area contributed by atoms with Gasteiger partial charge in [0.05, 0.1) is 19.1 Å². The van der Waals surface area contributed by atoms with Crippen LogP contribution in [0.4, 0.5) is 0 Å². The zero-order chi connectivity index (χ0) is 12.1. The number of hydrogen-bond acceptors (Lipinski definition) is 3. The lowest BCUT2D eigenvalue weighted by Gasteiger charge is -2.19. The number of carbonyl (C=O) groups excluding carboxylic acids is 1. The number of nitrogens with one attached hydrogen (secondary N) is 1. The molecule has 0 radical (unpaired) electrons. The van der Waals surface area contributed by atoms with Crippen LogP contribution in [0.3, 0.4) is 0 Å². The highest BCUT2D eigenvalue weighted by atomic mass is 16.5. The number of ether oxygens (including phenoxy) is 1. The van der Waals surface area contributed by atoms with Gasteiger partial charge in [-0.25, -0.2) is 4.98 Å². The van der Waals surface area contributed by atoms with E-state index < -0.39 is 0 Å². The monoisotopic (exact) mass is 247 g/mol. The number of H-pyrrole nitrogens is 1. The van der Waals surface area contributed by atoms with Gasteiger partial charge in [0, 0.05) is 19.7 Å². The number of hydrogen-bond donors (Lipinski definition) is 1. The van der Waals surface area contributed by atoms with Gasteiger partial charge in [-0.2, -0.15) is 0 Å². The molecule has 1 aliphatic carbocycles. The summed E-state index contributed by atoms with van der Waals surface area (Å²) in [5.74, 6) is 2.89. The smallest absolute Gasteiger partial charge is 0.271 e. The predicted octanol–water partition coefficient (Wildman–Crippen LogP) is 0.764. The van der Waals surface area contributed by atoms with Gasteiger partial charge in [-0.15, -0.1) is 0 Å². The molecule has 3 fully saturated rings. The minimum Gasteiger partial charge on any atom is -0.381 e. The second-order valence-electron chi connectivity index (χ2n) is 5.80. The minimum atomic E-state index is 0.0948. The number of aromatic amines is 1.